The normalized spacial score (nSPS) is 11.3. The number of nitrogens with zero attached hydrogens (tertiary/aromatic N) is 4. The molecule has 50 heavy (non-hydrogen) atoms. The van der Waals surface area contributed by atoms with Crippen LogP contribution in [0.4, 0.5) is 19.3 Å². The molecule has 11 nitrogen and oxygen atoms in total. The zero-order chi connectivity index (χ0) is 36.1. The monoisotopic (exact) mass is 704 g/mol. The third-order valence-corrected chi connectivity index (χ3v) is 9.38. The quantitative estimate of drug-likeness (QED) is 0.186. The number of thiophene rings is 1. The highest BCUT2D eigenvalue weighted by Gasteiger charge is 2.26. The van der Waals surface area contributed by atoms with Gasteiger partial charge < -0.3 is 20.3 Å². The third kappa shape index (κ3) is 7.52. The van der Waals surface area contributed by atoms with Gasteiger partial charge in [0, 0.05) is 62.5 Å². The zero-order valence-electron chi connectivity index (χ0n) is 28.4. The first kappa shape index (κ1) is 36.1. The summed E-state index contributed by atoms with van der Waals surface area (Å²) < 4.78 is 37.6. The molecule has 0 saturated carbocycles. The van der Waals surface area contributed by atoms with E-state index in [2.05, 4.69) is 10.6 Å². The molecule has 0 bridgehead atoms. The van der Waals surface area contributed by atoms with Crippen molar-refractivity contribution in [1.82, 2.24) is 24.3 Å². The molecule has 0 spiro atoms. The molecule has 0 aliphatic rings. The van der Waals surface area contributed by atoms with Crippen molar-refractivity contribution in [3.63, 3.8) is 0 Å². The maximum atomic E-state index is 15.1. The summed E-state index contributed by atoms with van der Waals surface area (Å²) >= 11 is 1.17. The molecule has 3 aromatic carbocycles. The van der Waals surface area contributed by atoms with Gasteiger partial charge in [0.1, 0.15) is 16.5 Å². The van der Waals surface area contributed by atoms with Crippen molar-refractivity contribution in [2.45, 2.75) is 20.0 Å². The Labute approximate surface area is 291 Å². The van der Waals surface area contributed by atoms with Gasteiger partial charge in [0.25, 0.3) is 11.5 Å². The van der Waals surface area contributed by atoms with E-state index in [0.29, 0.717) is 47.0 Å². The number of likely N-dealkylation sites (N-methyl/N-ethyl adjacent to an activating group) is 1. The molecule has 2 N–H and O–H groups in total. The Morgan fingerprint density at radius 1 is 0.920 bits per heavy atom. The van der Waals surface area contributed by atoms with E-state index in [9.17, 15) is 19.2 Å². The van der Waals surface area contributed by atoms with E-state index >= 15 is 8.78 Å². The molecule has 0 aliphatic carbocycles. The number of hydrogen-bond donors (Lipinski definition) is 2. The molecule has 2 heterocycles. The highest BCUT2D eigenvalue weighted by Crippen LogP contribution is 2.38. The molecule has 14 heteroatoms. The summed E-state index contributed by atoms with van der Waals surface area (Å²) in [6, 6.07) is 16.2. The van der Waals surface area contributed by atoms with Crippen LogP contribution in [-0.4, -0.2) is 78.8 Å². The van der Waals surface area contributed by atoms with E-state index < -0.39 is 29.4 Å². The van der Waals surface area contributed by atoms with Gasteiger partial charge in [-0.25, -0.2) is 22.9 Å². The first-order valence-corrected chi connectivity index (χ1v) is 16.7. The Morgan fingerprint density at radius 3 is 2.18 bits per heavy atom. The molecule has 3 amide bonds. The number of fused-ring (bicyclic) bond motifs is 1. The van der Waals surface area contributed by atoms with Crippen molar-refractivity contribution < 1.29 is 23.1 Å². The summed E-state index contributed by atoms with van der Waals surface area (Å²) in [5.74, 6) is -1.93. The second-order valence-electron chi connectivity index (χ2n) is 11.8. The summed E-state index contributed by atoms with van der Waals surface area (Å²) in [5, 5.41) is 5.65. The zero-order valence-corrected chi connectivity index (χ0v) is 29.2. The van der Waals surface area contributed by atoms with Crippen LogP contribution in [0.5, 0.6) is 0 Å². The number of anilines is 1. The fraction of sp³-hybridized carbons (Fsp3) is 0.278. The van der Waals surface area contributed by atoms with Crippen LogP contribution in [0.15, 0.2) is 76.3 Å². The lowest BCUT2D eigenvalue weighted by atomic mass is 10.1. The predicted octanol–water partition coefficient (Wildman–Crippen LogP) is 5.13. The molecule has 0 radical (unpaired) electrons. The lowest BCUT2D eigenvalue weighted by molar-refractivity contribution is 0.0827. The smallest absolute Gasteiger partial charge is 0.337 e. The van der Waals surface area contributed by atoms with Crippen molar-refractivity contribution in [3.8, 4) is 16.1 Å². The summed E-state index contributed by atoms with van der Waals surface area (Å²) in [4.78, 5) is 57.8. The molecular formula is C36H38F2N6O5S. The fourth-order valence-corrected chi connectivity index (χ4v) is 6.81. The number of methoxy groups -OCH3 is 1. The van der Waals surface area contributed by atoms with Crippen LogP contribution in [0.2, 0.25) is 0 Å². The van der Waals surface area contributed by atoms with Crippen LogP contribution in [0.3, 0.4) is 0 Å². The van der Waals surface area contributed by atoms with Gasteiger partial charge in [-0.2, -0.15) is 0 Å². The van der Waals surface area contributed by atoms with Crippen molar-refractivity contribution in [3.05, 3.63) is 116 Å². The van der Waals surface area contributed by atoms with Crippen LogP contribution < -0.4 is 21.9 Å². The van der Waals surface area contributed by atoms with Gasteiger partial charge in [0.15, 0.2) is 0 Å². The molecule has 5 rings (SSSR count). The van der Waals surface area contributed by atoms with Gasteiger partial charge in [-0.15, -0.1) is 11.3 Å². The van der Waals surface area contributed by atoms with E-state index in [1.807, 2.05) is 18.9 Å². The maximum Gasteiger partial charge on any atom is 0.337 e. The van der Waals surface area contributed by atoms with Gasteiger partial charge >= 0.3 is 11.7 Å². The Hall–Kier alpha value is -5.18. The van der Waals surface area contributed by atoms with E-state index in [4.69, 9.17) is 4.74 Å². The van der Waals surface area contributed by atoms with E-state index in [-0.39, 0.29) is 40.0 Å². The first-order valence-electron chi connectivity index (χ1n) is 15.8. The fourth-order valence-electron chi connectivity index (χ4n) is 5.51. The first-order chi connectivity index (χ1) is 23.9. The van der Waals surface area contributed by atoms with Crippen molar-refractivity contribution in [1.29, 1.82) is 0 Å². The number of hydrogen-bond acceptors (Lipinski definition) is 7. The molecule has 0 unspecified atom stereocenters. The molecule has 0 fully saturated rings. The number of benzene rings is 3. The number of urea groups is 1. The average molecular weight is 705 g/mol. The van der Waals surface area contributed by atoms with Gasteiger partial charge in [0.2, 0.25) is 0 Å². The van der Waals surface area contributed by atoms with Crippen LogP contribution >= 0.6 is 11.3 Å². The summed E-state index contributed by atoms with van der Waals surface area (Å²) in [7, 11) is 6.69. The molecule has 0 atom stereocenters. The van der Waals surface area contributed by atoms with Gasteiger partial charge in [0.05, 0.1) is 24.2 Å². The number of ether oxygens (including phenoxy) is 1. The molecule has 0 aliphatic heterocycles. The Kier molecular flexibility index (Phi) is 11.2. The minimum atomic E-state index is -0.833. The van der Waals surface area contributed by atoms with Crippen LogP contribution in [0, 0.1) is 11.6 Å². The van der Waals surface area contributed by atoms with Crippen molar-refractivity contribution in [2.75, 3.05) is 53.3 Å². The Bertz CT molecular complexity index is 2120. The van der Waals surface area contributed by atoms with Gasteiger partial charge in [-0.1, -0.05) is 18.2 Å². The largest absolute Gasteiger partial charge is 0.383 e. The third-order valence-electron chi connectivity index (χ3n) is 8.08. The number of nitrogens with one attached hydrogen (secondary N) is 2. The molecule has 2 aromatic heterocycles. The molecule has 262 valence electrons. The lowest BCUT2D eigenvalue weighted by Crippen LogP contribution is -2.39. The number of amides is 3. The topological polar surface area (TPSA) is 118 Å². The molecule has 0 saturated heterocycles. The van der Waals surface area contributed by atoms with E-state index in [1.54, 1.807) is 45.5 Å². The molecule has 5 aromatic rings. The maximum absolute atomic E-state index is 15.1. The van der Waals surface area contributed by atoms with Crippen molar-refractivity contribution in [2.24, 2.45) is 0 Å². The summed E-state index contributed by atoms with van der Waals surface area (Å²) in [5.41, 5.74) is 0.648. The number of carbonyl (C=O) groups is 2. The molecular weight excluding hydrogens is 666 g/mol. The summed E-state index contributed by atoms with van der Waals surface area (Å²) in [6.45, 7) is 3.01. The summed E-state index contributed by atoms with van der Waals surface area (Å²) in [6.07, 6.45) is 0. The van der Waals surface area contributed by atoms with Crippen LogP contribution in [0.25, 0.3) is 26.3 Å². The highest BCUT2D eigenvalue weighted by molar-refractivity contribution is 7.22. The number of carbonyl (C=O) groups excluding carboxylic acids is 2. The van der Waals surface area contributed by atoms with Gasteiger partial charge in [-0.3, -0.25) is 19.1 Å². The van der Waals surface area contributed by atoms with Crippen LogP contribution in [0.1, 0.15) is 28.4 Å². The Balaban J connectivity index is 1.78. The lowest BCUT2D eigenvalue weighted by Gasteiger charge is -2.18. The highest BCUT2D eigenvalue weighted by atomic mass is 32.1. The van der Waals surface area contributed by atoms with E-state index in [0.717, 1.165) is 16.7 Å². The number of halogens is 2. The minimum absolute atomic E-state index is 0.187. The Morgan fingerprint density at radius 2 is 1.58 bits per heavy atom. The SMILES string of the molecule is CCNC(=O)Nc1ccc(-c2sc3c(c2CN(C)CCOC)c(=O)n(-c2ccc(C(=O)N(C)C)cc2)c(=O)n3Cc2c(F)cccc2F)cc1. The predicted molar refractivity (Wildman–Crippen MR) is 192 cm³/mol. The standard InChI is InChI=1S/C36H38F2N6O5S/c1-6-39-35(47)40-24-14-10-22(11-15-24)31-27(20-42(4)18-19-49-5)30-33(46)44(25-16-12-23(13-17-25)32(45)41(2)3)36(48)43(34(30)50-31)21-26-28(37)8-7-9-29(26)38/h7-17H,6,18-21H2,1-5H3,(H2,39,40,47). The minimum Gasteiger partial charge on any atom is -0.383 e. The average Bonchev–Trinajstić information content (AvgIpc) is 3.46. The number of rotatable bonds is 12. The second kappa shape index (κ2) is 15.6. The number of aromatic nitrogens is 2. The van der Waals surface area contributed by atoms with Gasteiger partial charge in [-0.05, 0) is 73.6 Å². The second-order valence-corrected chi connectivity index (χ2v) is 12.8. The van der Waals surface area contributed by atoms with E-state index in [1.165, 1.54) is 51.1 Å². The van der Waals surface area contributed by atoms with Crippen molar-refractivity contribution >= 4 is 39.2 Å². The van der Waals surface area contributed by atoms with Crippen LogP contribution in [-0.2, 0) is 17.8 Å².